The Morgan fingerprint density at radius 1 is 1.27 bits per heavy atom. The van der Waals surface area contributed by atoms with E-state index in [2.05, 4.69) is 21.0 Å². The van der Waals surface area contributed by atoms with Gasteiger partial charge in [-0.2, -0.15) is 5.10 Å². The van der Waals surface area contributed by atoms with Gasteiger partial charge in [0.2, 0.25) is 0 Å². The van der Waals surface area contributed by atoms with Gasteiger partial charge in [0.25, 0.3) is 0 Å². The van der Waals surface area contributed by atoms with Crippen molar-refractivity contribution in [2.45, 2.75) is 12.8 Å². The normalized spacial score (nSPS) is 10.7. The van der Waals surface area contributed by atoms with Crippen molar-refractivity contribution in [1.29, 1.82) is 0 Å². The monoisotopic (exact) mass is 268 g/mol. The molecule has 3 nitrogen and oxygen atoms in total. The first-order chi connectivity index (χ1) is 7.40. The van der Waals surface area contributed by atoms with Crippen LogP contribution in [0.25, 0.3) is 5.52 Å². The Bertz CT molecular complexity index is 427. The lowest BCUT2D eigenvalue weighted by Gasteiger charge is -2.05. The molecule has 0 saturated heterocycles. The molecule has 0 atom stereocenters. The fraction of sp³-hybridized carbons (Fsp3) is 0.364. The number of hydrogen-bond acceptors (Lipinski definition) is 2. The molecule has 0 bridgehead atoms. The summed E-state index contributed by atoms with van der Waals surface area (Å²) in [5.41, 5.74) is 1.09. The summed E-state index contributed by atoms with van der Waals surface area (Å²) in [5.74, 6) is 0.876. The first-order valence-corrected chi connectivity index (χ1v) is 6.14. The van der Waals surface area contributed by atoms with Crippen molar-refractivity contribution in [1.82, 2.24) is 9.61 Å². The fourth-order valence-electron chi connectivity index (χ4n) is 1.37. The zero-order valence-corrected chi connectivity index (χ0v) is 9.98. The molecule has 0 aliphatic heterocycles. The lowest BCUT2D eigenvalue weighted by atomic mass is 10.3. The molecule has 0 N–H and O–H groups in total. The lowest BCUT2D eigenvalue weighted by Crippen LogP contribution is -1.98. The third kappa shape index (κ3) is 2.72. The molecule has 2 heterocycles. The van der Waals surface area contributed by atoms with E-state index < -0.39 is 0 Å². The average Bonchev–Trinajstić information content (AvgIpc) is 2.71. The average molecular weight is 269 g/mol. The zero-order chi connectivity index (χ0) is 10.5. The summed E-state index contributed by atoms with van der Waals surface area (Å²) in [4.78, 5) is 0. The Kier molecular flexibility index (Phi) is 3.61. The van der Waals surface area contributed by atoms with E-state index in [1.807, 2.05) is 28.9 Å². The summed E-state index contributed by atoms with van der Waals surface area (Å²) in [7, 11) is 0. The fourth-order valence-corrected chi connectivity index (χ4v) is 1.76. The Morgan fingerprint density at radius 3 is 3.07 bits per heavy atom. The van der Waals surface area contributed by atoms with Crippen LogP contribution in [0.2, 0.25) is 0 Å². The third-order valence-corrected chi connectivity index (χ3v) is 2.73. The highest BCUT2D eigenvalue weighted by Crippen LogP contribution is 2.12. The highest BCUT2D eigenvalue weighted by atomic mass is 79.9. The molecule has 0 aliphatic rings. The SMILES string of the molecule is BrCCCCOc1ccc2ccnn2c1. The molecule has 0 fully saturated rings. The molecule has 0 amide bonds. The number of alkyl halides is 1. The second kappa shape index (κ2) is 5.16. The number of aromatic nitrogens is 2. The molecular formula is C11H13BrN2O. The van der Waals surface area contributed by atoms with Gasteiger partial charge in [0.05, 0.1) is 18.3 Å². The van der Waals surface area contributed by atoms with Crippen LogP contribution in [0.4, 0.5) is 0 Å². The molecule has 80 valence electrons. The molecule has 0 radical (unpaired) electrons. The van der Waals surface area contributed by atoms with E-state index in [0.29, 0.717) is 0 Å². The van der Waals surface area contributed by atoms with Crippen molar-refractivity contribution in [2.24, 2.45) is 0 Å². The maximum absolute atomic E-state index is 5.60. The summed E-state index contributed by atoms with van der Waals surface area (Å²) in [5, 5.41) is 5.19. The van der Waals surface area contributed by atoms with E-state index in [4.69, 9.17) is 4.74 Å². The van der Waals surface area contributed by atoms with Crippen molar-refractivity contribution < 1.29 is 4.74 Å². The zero-order valence-electron chi connectivity index (χ0n) is 8.40. The van der Waals surface area contributed by atoms with Gasteiger partial charge in [0.15, 0.2) is 0 Å². The van der Waals surface area contributed by atoms with Gasteiger partial charge in [-0.15, -0.1) is 0 Å². The number of halogens is 1. The standard InChI is InChI=1S/C11H13BrN2O/c12-6-1-2-8-15-11-4-3-10-5-7-13-14(10)9-11/h3-5,7,9H,1-2,6,8H2. The molecule has 2 aromatic rings. The smallest absolute Gasteiger partial charge is 0.137 e. The van der Waals surface area contributed by atoms with Crippen molar-refractivity contribution in [3.63, 3.8) is 0 Å². The number of unbranched alkanes of at least 4 members (excludes halogenated alkanes) is 1. The van der Waals surface area contributed by atoms with Gasteiger partial charge in [0.1, 0.15) is 5.75 Å². The van der Waals surface area contributed by atoms with Gasteiger partial charge in [-0.3, -0.25) is 0 Å². The molecular weight excluding hydrogens is 256 g/mol. The van der Waals surface area contributed by atoms with Gasteiger partial charge >= 0.3 is 0 Å². The molecule has 0 spiro atoms. The highest BCUT2D eigenvalue weighted by Gasteiger charge is 1.97. The van der Waals surface area contributed by atoms with Crippen LogP contribution in [0.3, 0.4) is 0 Å². The van der Waals surface area contributed by atoms with Crippen molar-refractivity contribution >= 4 is 21.4 Å². The van der Waals surface area contributed by atoms with E-state index in [1.165, 1.54) is 0 Å². The highest BCUT2D eigenvalue weighted by molar-refractivity contribution is 9.09. The number of fused-ring (bicyclic) bond motifs is 1. The van der Waals surface area contributed by atoms with E-state index in [1.54, 1.807) is 6.20 Å². The molecule has 0 aliphatic carbocycles. The second-order valence-corrected chi connectivity index (χ2v) is 4.10. The molecule has 0 unspecified atom stereocenters. The molecule has 2 rings (SSSR count). The minimum absolute atomic E-state index is 0.762. The molecule has 0 saturated carbocycles. The largest absolute Gasteiger partial charge is 0.492 e. The molecule has 4 heteroatoms. The van der Waals surface area contributed by atoms with E-state index >= 15 is 0 Å². The van der Waals surface area contributed by atoms with E-state index in [0.717, 1.165) is 36.0 Å². The van der Waals surface area contributed by atoms with Gasteiger partial charge < -0.3 is 4.74 Å². The summed E-state index contributed by atoms with van der Waals surface area (Å²) in [6, 6.07) is 5.95. The van der Waals surface area contributed by atoms with Gasteiger partial charge in [-0.05, 0) is 31.0 Å². The van der Waals surface area contributed by atoms with Gasteiger partial charge in [-0.1, -0.05) is 15.9 Å². The minimum Gasteiger partial charge on any atom is -0.492 e. The maximum Gasteiger partial charge on any atom is 0.137 e. The quantitative estimate of drug-likeness (QED) is 0.616. The van der Waals surface area contributed by atoms with Crippen LogP contribution in [0, 0.1) is 0 Å². The Labute approximate surface area is 97.2 Å². The number of nitrogens with zero attached hydrogens (tertiary/aromatic N) is 2. The predicted octanol–water partition coefficient (Wildman–Crippen LogP) is 2.89. The lowest BCUT2D eigenvalue weighted by molar-refractivity contribution is 0.308. The third-order valence-electron chi connectivity index (χ3n) is 2.17. The molecule has 2 aromatic heterocycles. The molecule has 0 aromatic carbocycles. The summed E-state index contributed by atoms with van der Waals surface area (Å²) in [6.07, 6.45) is 5.90. The van der Waals surface area contributed by atoms with Crippen LogP contribution in [0.15, 0.2) is 30.6 Å². The summed E-state index contributed by atoms with van der Waals surface area (Å²) in [6.45, 7) is 0.762. The Morgan fingerprint density at radius 2 is 2.20 bits per heavy atom. The van der Waals surface area contributed by atoms with E-state index in [9.17, 15) is 0 Å². The van der Waals surface area contributed by atoms with Crippen LogP contribution in [0.1, 0.15) is 12.8 Å². The van der Waals surface area contributed by atoms with Crippen LogP contribution < -0.4 is 4.74 Å². The van der Waals surface area contributed by atoms with Crippen molar-refractivity contribution in [3.8, 4) is 5.75 Å². The minimum atomic E-state index is 0.762. The maximum atomic E-state index is 5.60. The van der Waals surface area contributed by atoms with E-state index in [-0.39, 0.29) is 0 Å². The van der Waals surface area contributed by atoms with Gasteiger partial charge in [0, 0.05) is 11.5 Å². The van der Waals surface area contributed by atoms with Gasteiger partial charge in [-0.25, -0.2) is 4.52 Å². The van der Waals surface area contributed by atoms with Crippen LogP contribution >= 0.6 is 15.9 Å². The van der Waals surface area contributed by atoms with Crippen LogP contribution in [0.5, 0.6) is 5.75 Å². The molecule has 15 heavy (non-hydrogen) atoms. The van der Waals surface area contributed by atoms with Crippen LogP contribution in [-0.4, -0.2) is 21.6 Å². The first-order valence-electron chi connectivity index (χ1n) is 5.02. The number of pyridine rings is 1. The Hall–Kier alpha value is -1.03. The first kappa shape index (κ1) is 10.5. The topological polar surface area (TPSA) is 26.5 Å². The van der Waals surface area contributed by atoms with Crippen LogP contribution in [-0.2, 0) is 0 Å². The number of rotatable bonds is 5. The summed E-state index contributed by atoms with van der Waals surface area (Å²) >= 11 is 3.39. The Balaban J connectivity index is 1.96. The van der Waals surface area contributed by atoms with Crippen molar-refractivity contribution in [3.05, 3.63) is 30.6 Å². The predicted molar refractivity (Wildman–Crippen MR) is 63.7 cm³/mol. The van der Waals surface area contributed by atoms with Crippen molar-refractivity contribution in [2.75, 3.05) is 11.9 Å². The number of ether oxygens (including phenoxy) is 1. The summed E-state index contributed by atoms with van der Waals surface area (Å²) < 4.78 is 7.42. The number of hydrogen-bond donors (Lipinski definition) is 0. The second-order valence-electron chi connectivity index (χ2n) is 3.31.